The summed E-state index contributed by atoms with van der Waals surface area (Å²) >= 11 is 42.0. The number of carbonyl (C=O) groups excluding carboxylic acids is 1. The van der Waals surface area contributed by atoms with Gasteiger partial charge in [-0.05, 0) is 109 Å². The zero-order chi connectivity index (χ0) is 40.7. The summed E-state index contributed by atoms with van der Waals surface area (Å²) in [6.45, 7) is 3.82. The van der Waals surface area contributed by atoms with Crippen molar-refractivity contribution in [3.05, 3.63) is 161 Å². The minimum atomic E-state index is -1.75. The molecule has 0 radical (unpaired) electrons. The summed E-state index contributed by atoms with van der Waals surface area (Å²) in [5, 5.41) is 0.874. The van der Waals surface area contributed by atoms with Gasteiger partial charge in [-0.3, -0.25) is 0 Å². The van der Waals surface area contributed by atoms with Gasteiger partial charge in [0.15, 0.2) is 5.60 Å². The van der Waals surface area contributed by atoms with E-state index in [1.807, 2.05) is 84.9 Å². The van der Waals surface area contributed by atoms with Crippen molar-refractivity contribution in [1.82, 2.24) is 0 Å². The SMILES string of the molecule is COc1ccc(/C(=C\C2(/C=C(\c3ccc(OC)cc3)c3ccc(N4CCCC4)cc3Cl)OC(=O)c3c(Cl)c(Cl)c(Cl)c(Cl)c32)c2ccc(N3CCCC3)cc2Cl)cc1. The van der Waals surface area contributed by atoms with Crippen LogP contribution in [0.15, 0.2) is 97.1 Å². The zero-order valence-corrected chi connectivity index (χ0v) is 36.2. The average Bonchev–Trinajstić information content (AvgIpc) is 4.03. The van der Waals surface area contributed by atoms with E-state index in [-0.39, 0.29) is 31.2 Å². The Morgan fingerprint density at radius 1 is 0.586 bits per heavy atom. The van der Waals surface area contributed by atoms with E-state index < -0.39 is 11.6 Å². The third-order valence-electron chi connectivity index (χ3n) is 11.1. The zero-order valence-electron chi connectivity index (χ0n) is 31.7. The van der Waals surface area contributed by atoms with Crippen LogP contribution in [0.25, 0.3) is 11.1 Å². The van der Waals surface area contributed by atoms with E-state index in [1.54, 1.807) is 14.2 Å². The lowest BCUT2D eigenvalue weighted by atomic mass is 9.83. The molecule has 0 unspecified atom stereocenters. The molecule has 12 heteroatoms. The number of ether oxygens (including phenoxy) is 3. The fourth-order valence-corrected chi connectivity index (χ4v) is 9.71. The fourth-order valence-electron chi connectivity index (χ4n) is 8.08. The number of hydrogen-bond acceptors (Lipinski definition) is 6. The van der Waals surface area contributed by atoms with Crippen molar-refractivity contribution in [1.29, 1.82) is 0 Å². The maximum atomic E-state index is 14.3. The maximum Gasteiger partial charge on any atom is 0.341 e. The summed E-state index contributed by atoms with van der Waals surface area (Å²) < 4.78 is 17.6. The number of esters is 1. The molecule has 2 fully saturated rings. The summed E-state index contributed by atoms with van der Waals surface area (Å²) in [7, 11) is 3.22. The van der Waals surface area contributed by atoms with Gasteiger partial charge in [0.05, 0.1) is 49.9 Å². The number of methoxy groups -OCH3 is 2. The molecule has 0 saturated carbocycles. The maximum absolute atomic E-state index is 14.3. The van der Waals surface area contributed by atoms with E-state index in [2.05, 4.69) is 21.9 Å². The highest BCUT2D eigenvalue weighted by Crippen LogP contribution is 2.54. The molecule has 3 heterocycles. The molecule has 5 aromatic carbocycles. The molecule has 6 nitrogen and oxygen atoms in total. The van der Waals surface area contributed by atoms with Crippen LogP contribution in [-0.2, 0) is 10.3 Å². The van der Waals surface area contributed by atoms with Gasteiger partial charge in [-0.15, -0.1) is 0 Å². The van der Waals surface area contributed by atoms with Gasteiger partial charge in [0, 0.05) is 54.2 Å². The smallest absolute Gasteiger partial charge is 0.341 e. The highest BCUT2D eigenvalue weighted by Gasteiger charge is 2.48. The largest absolute Gasteiger partial charge is 0.497 e. The van der Waals surface area contributed by atoms with Crippen molar-refractivity contribution < 1.29 is 19.0 Å². The second kappa shape index (κ2) is 16.9. The van der Waals surface area contributed by atoms with Crippen LogP contribution in [0.2, 0.25) is 30.1 Å². The molecule has 0 spiro atoms. The van der Waals surface area contributed by atoms with Crippen molar-refractivity contribution in [3.63, 3.8) is 0 Å². The summed E-state index contributed by atoms with van der Waals surface area (Å²) in [5.41, 5.74) is 4.70. The van der Waals surface area contributed by atoms with E-state index in [4.69, 9.17) is 83.8 Å². The van der Waals surface area contributed by atoms with Gasteiger partial charge < -0.3 is 24.0 Å². The number of halogens is 6. The van der Waals surface area contributed by atoms with Crippen LogP contribution in [-0.4, -0.2) is 46.4 Å². The topological polar surface area (TPSA) is 51.2 Å². The second-order valence-electron chi connectivity index (χ2n) is 14.5. The van der Waals surface area contributed by atoms with Crippen LogP contribution >= 0.6 is 69.6 Å². The van der Waals surface area contributed by atoms with Crippen molar-refractivity contribution in [2.45, 2.75) is 31.3 Å². The Morgan fingerprint density at radius 3 is 1.40 bits per heavy atom. The molecular formula is C46H38Cl6N2O4. The van der Waals surface area contributed by atoms with Crippen molar-refractivity contribution in [3.8, 4) is 11.5 Å². The predicted molar refractivity (Wildman–Crippen MR) is 240 cm³/mol. The summed E-state index contributed by atoms with van der Waals surface area (Å²) in [4.78, 5) is 18.9. The number of benzene rings is 5. The number of rotatable bonds is 10. The van der Waals surface area contributed by atoms with Gasteiger partial charge in [-0.25, -0.2) is 4.79 Å². The van der Waals surface area contributed by atoms with Crippen LogP contribution in [0.4, 0.5) is 11.4 Å². The van der Waals surface area contributed by atoms with Crippen LogP contribution in [0.3, 0.4) is 0 Å². The Balaban J connectivity index is 1.44. The average molecular weight is 896 g/mol. The van der Waals surface area contributed by atoms with Gasteiger partial charge in [0.1, 0.15) is 11.5 Å². The molecule has 3 aliphatic heterocycles. The number of hydrogen-bond donors (Lipinski definition) is 0. The van der Waals surface area contributed by atoms with Crippen LogP contribution < -0.4 is 19.3 Å². The molecule has 0 bridgehead atoms. The van der Waals surface area contributed by atoms with E-state index >= 15 is 0 Å². The predicted octanol–water partition coefficient (Wildman–Crippen LogP) is 13.5. The standard InChI is InChI=1S/C46H38Cl6N2O4/c1-56-31-13-7-27(8-14-31)35(33-17-11-29(23-37(33)47)53-19-3-4-20-53)25-46(40-39(45(55)58-46)41(49)43(51)44(52)42(40)50)26-36(28-9-15-32(57-2)16-10-28)34-18-12-30(24-38(34)48)54-21-5-6-22-54/h7-18,23-26H,3-6,19-22H2,1-2H3/b35-25+,36-26+. The molecule has 0 aromatic heterocycles. The first-order valence-electron chi connectivity index (χ1n) is 19.0. The number of anilines is 2. The molecular weight excluding hydrogens is 857 g/mol. The summed E-state index contributed by atoms with van der Waals surface area (Å²) in [5.74, 6) is 0.592. The lowest BCUT2D eigenvalue weighted by molar-refractivity contribution is 0.0300. The molecule has 3 aliphatic rings. The minimum absolute atomic E-state index is 0.00249. The molecule has 0 N–H and O–H groups in total. The van der Waals surface area contributed by atoms with E-state index in [9.17, 15) is 4.79 Å². The van der Waals surface area contributed by atoms with E-state index in [0.29, 0.717) is 43.8 Å². The number of carbonyl (C=O) groups is 1. The third kappa shape index (κ3) is 7.64. The Morgan fingerprint density at radius 2 is 1.00 bits per heavy atom. The lowest BCUT2D eigenvalue weighted by Crippen LogP contribution is -2.23. The van der Waals surface area contributed by atoms with Gasteiger partial charge >= 0.3 is 5.97 Å². The normalized spacial score (nSPS) is 16.5. The Labute approximate surface area is 368 Å². The minimum Gasteiger partial charge on any atom is -0.497 e. The number of fused-ring (bicyclic) bond motifs is 1. The van der Waals surface area contributed by atoms with Crippen molar-refractivity contribution >= 4 is 98.1 Å². The molecule has 0 atom stereocenters. The van der Waals surface area contributed by atoms with Crippen molar-refractivity contribution in [2.24, 2.45) is 0 Å². The second-order valence-corrected chi connectivity index (χ2v) is 16.8. The van der Waals surface area contributed by atoms with E-state index in [0.717, 1.165) is 74.4 Å². The highest BCUT2D eigenvalue weighted by atomic mass is 35.5. The van der Waals surface area contributed by atoms with Gasteiger partial charge in [0.2, 0.25) is 0 Å². The molecule has 0 aliphatic carbocycles. The molecule has 2 saturated heterocycles. The van der Waals surface area contributed by atoms with Crippen molar-refractivity contribution in [2.75, 3.05) is 50.2 Å². The van der Waals surface area contributed by atoms with E-state index in [1.165, 1.54) is 0 Å². The lowest BCUT2D eigenvalue weighted by Gasteiger charge is -2.28. The Bertz CT molecular complexity index is 2330. The molecule has 0 amide bonds. The number of cyclic esters (lactones) is 1. The van der Waals surface area contributed by atoms with Crippen LogP contribution in [0, 0.1) is 0 Å². The van der Waals surface area contributed by atoms with Gasteiger partial charge in [-0.2, -0.15) is 0 Å². The summed E-state index contributed by atoms with van der Waals surface area (Å²) in [6, 6.07) is 27.2. The Hall–Kier alpha value is -4.01. The van der Waals surface area contributed by atoms with Crippen LogP contribution in [0.5, 0.6) is 11.5 Å². The quantitative estimate of drug-likeness (QED) is 0.0791. The third-order valence-corrected chi connectivity index (χ3v) is 13.5. The molecule has 58 heavy (non-hydrogen) atoms. The van der Waals surface area contributed by atoms with Gasteiger partial charge in [-0.1, -0.05) is 106 Å². The fraction of sp³-hybridized carbons (Fsp3) is 0.239. The van der Waals surface area contributed by atoms with Crippen LogP contribution in [0.1, 0.15) is 63.9 Å². The first kappa shape index (κ1) is 40.8. The molecule has 5 aromatic rings. The highest BCUT2D eigenvalue weighted by molar-refractivity contribution is 6.53. The monoisotopic (exact) mass is 892 g/mol. The van der Waals surface area contributed by atoms with Gasteiger partial charge in [0.25, 0.3) is 0 Å². The first-order chi connectivity index (χ1) is 28.0. The molecule has 8 rings (SSSR count). The Kier molecular flexibility index (Phi) is 11.9. The number of nitrogens with zero attached hydrogens (tertiary/aromatic N) is 2. The first-order valence-corrected chi connectivity index (χ1v) is 21.2. The molecule has 298 valence electrons. The summed E-state index contributed by atoms with van der Waals surface area (Å²) in [6.07, 6.45) is 8.16.